The van der Waals surface area contributed by atoms with E-state index in [4.69, 9.17) is 36.9 Å². The van der Waals surface area contributed by atoms with E-state index in [2.05, 4.69) is 331 Å². The molecule has 1 unspecified atom stereocenters. The van der Waals surface area contributed by atoms with E-state index in [-0.39, 0.29) is 29.2 Å². The standard InChI is InChI=1S/C21H24O2.C19H18O2.C17H16O.C14H20Si.C11H12.C9H11Br.C8H7BrO2.C6H5BrO.C5H10Si.C4H8O.C2H3ClO.C2H6/c1-4-6-18-7-9-19(10-8-18)11-12-20-13-15-21(16-14-20)23-17(3)22-5-2;1-3-4-16-5-7-17(8-6-16)9-10-18-11-13-19(14-12-18)21-15(2)20;1-2-3-14-4-6-15(7-5-14)8-9-16-10-12-17(18)13-11-16;1-5-6-13-7-9-14(10-8-13)11-12-15(2,3)4;1-3-5-11-8-6-10(4-2)7-9-11;1-2-3-8-4-6-9(10)7-5-8;1-6(10)11-8-4-2-7(9)3-5-8;7-5-1-3-6(8)4-2-5;1-5-6(2,3)4;1-3-5-4-2;1-2(3)4;1-2/h7-10,13-17H,4-6H2,1-3H3;5-8,11-14H,3-4H2,1-2H3;4-7,10-13,18H,2-3H2,1H3;7-10H,5-6H2,1-4H3;2,6-9H,3,5H2,1H3;4-7H,2-3H2,1H3;2-5H,1H3;1-4,8H;1H,2-4H3;3H,1,4H2,2H3;1H3;1-2H3. The van der Waals surface area contributed by atoms with Crippen LogP contribution < -0.4 is 14.2 Å². The van der Waals surface area contributed by atoms with Crippen LogP contribution in [0.3, 0.4) is 0 Å². The lowest BCUT2D eigenvalue weighted by Gasteiger charge is -2.13. The highest BCUT2D eigenvalue weighted by molar-refractivity contribution is 9.11. The van der Waals surface area contributed by atoms with E-state index in [1.54, 1.807) is 60.7 Å². The molecule has 16 heteroatoms. The fourth-order valence-electron chi connectivity index (χ4n) is 10.5. The molecule has 11 rings (SSSR count). The first-order valence-corrected chi connectivity index (χ1v) is 55.3. The first-order chi connectivity index (χ1) is 64.0. The third-order valence-corrected chi connectivity index (χ3v) is 20.2. The monoisotopic (exact) mass is 2040 g/mol. The minimum Gasteiger partial charge on any atom is -0.508 e. The lowest BCUT2D eigenvalue weighted by atomic mass is 10.1. The number of carbonyl (C=O) groups excluding carboxylic acids is 3. The van der Waals surface area contributed by atoms with Gasteiger partial charge in [-0.15, -0.1) is 23.9 Å². The predicted molar refractivity (Wildman–Crippen MR) is 584 cm³/mol. The van der Waals surface area contributed by atoms with Gasteiger partial charge in [-0.25, -0.2) is 0 Å². The summed E-state index contributed by atoms with van der Waals surface area (Å²) in [7, 11) is -2.33. The zero-order valence-electron chi connectivity index (χ0n) is 82.5. The van der Waals surface area contributed by atoms with E-state index in [9.17, 15) is 19.5 Å². The number of phenols is 2. The largest absolute Gasteiger partial charge is 0.508 e. The summed E-state index contributed by atoms with van der Waals surface area (Å²) in [4.78, 5) is 30.5. The summed E-state index contributed by atoms with van der Waals surface area (Å²) in [5, 5.41) is 17.5. The highest BCUT2D eigenvalue weighted by atomic mass is 79.9. The first kappa shape index (κ1) is 122. The van der Waals surface area contributed by atoms with Gasteiger partial charge >= 0.3 is 11.9 Å². The lowest BCUT2D eigenvalue weighted by molar-refractivity contribution is -0.132. The lowest BCUT2D eigenvalue weighted by Crippen LogP contribution is -2.16. The number of hydrogen-bond acceptors (Lipinski definition) is 10. The zero-order valence-corrected chi connectivity index (χ0v) is 90.0. The Labute approximate surface area is 838 Å². The summed E-state index contributed by atoms with van der Waals surface area (Å²) in [6, 6.07) is 86.3. The average Bonchev–Trinajstić information content (AvgIpc) is 0.893. The van der Waals surface area contributed by atoms with Crippen molar-refractivity contribution < 1.29 is 48.3 Å². The SMILES string of the molecule is C#C[Si](C)(C)C.C#Cc1ccc(CCC)cc1.C=COCC.CC.CC(=O)Cl.CC(=O)Oc1ccc(Br)cc1.CCCc1ccc(Br)cc1.CCCc1ccc(C#C[Si](C)(C)C)cc1.CCCc1ccc(C#Cc2ccc(O)cc2)cc1.CCCc1ccc(C#Cc2ccc(OC(C)=O)cc2)cc1.CCCc1ccc(C#Cc2ccc(OC(C)OCC)cc2)cc1.Oc1ccc(Br)cc1. The normalized spacial score (nSPS) is 9.69. The van der Waals surface area contributed by atoms with Gasteiger partial charge in [0, 0.05) is 85.3 Å². The molecule has 0 aliphatic rings. The highest BCUT2D eigenvalue weighted by Gasteiger charge is 2.09. The Bertz CT molecular complexity index is 5360. The fourth-order valence-corrected chi connectivity index (χ4v) is 11.8. The van der Waals surface area contributed by atoms with Crippen molar-refractivity contribution in [3.8, 4) is 100 Å². The number of ether oxygens (including phenoxy) is 5. The molecule has 708 valence electrons. The number of terminal acetylenes is 2. The predicted octanol–water partition coefficient (Wildman–Crippen LogP) is 31.4. The Morgan fingerprint density at radius 1 is 0.366 bits per heavy atom. The molecule has 134 heavy (non-hydrogen) atoms. The number of aromatic hydroxyl groups is 2. The molecule has 0 aliphatic carbocycles. The molecule has 0 radical (unpaired) electrons. The van der Waals surface area contributed by atoms with Crippen LogP contribution in [-0.4, -0.2) is 63.0 Å². The van der Waals surface area contributed by atoms with Crippen LogP contribution >= 0.6 is 59.4 Å². The van der Waals surface area contributed by atoms with Gasteiger partial charge in [0.25, 0.3) is 0 Å². The van der Waals surface area contributed by atoms with Crippen molar-refractivity contribution in [3.63, 3.8) is 0 Å². The van der Waals surface area contributed by atoms with Crippen molar-refractivity contribution in [2.45, 2.75) is 220 Å². The summed E-state index contributed by atoms with van der Waals surface area (Å²) >= 11 is 14.5. The number of esters is 2. The molecule has 0 spiro atoms. The van der Waals surface area contributed by atoms with Crippen LogP contribution in [0.4, 0.5) is 0 Å². The summed E-state index contributed by atoms with van der Waals surface area (Å²) in [6.45, 7) is 44.9. The maximum atomic E-state index is 10.8. The van der Waals surface area contributed by atoms with Crippen LogP contribution in [0, 0.1) is 71.3 Å². The van der Waals surface area contributed by atoms with Crippen LogP contribution in [0.2, 0.25) is 39.3 Å². The van der Waals surface area contributed by atoms with Gasteiger partial charge in [-0.1, -0.05) is 308 Å². The maximum absolute atomic E-state index is 10.8. The molecular formula is C118H140Br3ClO10Si2. The van der Waals surface area contributed by atoms with E-state index in [1.165, 1.54) is 105 Å². The van der Waals surface area contributed by atoms with E-state index in [0.29, 0.717) is 23.9 Å². The summed E-state index contributed by atoms with van der Waals surface area (Å²) in [5.74, 6) is 26.5. The quantitative estimate of drug-likeness (QED) is 0.0144. The van der Waals surface area contributed by atoms with E-state index in [0.717, 1.165) is 102 Å². The van der Waals surface area contributed by atoms with Crippen molar-refractivity contribution in [1.82, 2.24) is 0 Å². The maximum Gasteiger partial charge on any atom is 0.308 e. The second-order valence-electron chi connectivity index (χ2n) is 31.3. The molecule has 0 aliphatic heterocycles. The molecule has 11 aromatic rings. The zero-order chi connectivity index (χ0) is 100. The van der Waals surface area contributed by atoms with Gasteiger partial charge in [0.2, 0.25) is 5.24 Å². The van der Waals surface area contributed by atoms with Gasteiger partial charge in [-0.05, 0) is 298 Å². The van der Waals surface area contributed by atoms with Crippen molar-refractivity contribution in [1.29, 1.82) is 0 Å². The van der Waals surface area contributed by atoms with E-state index >= 15 is 0 Å². The minimum absolute atomic E-state index is 0.237. The number of phenolic OH excluding ortho intramolecular Hbond substituents is 2. The van der Waals surface area contributed by atoms with E-state index < -0.39 is 16.1 Å². The summed E-state index contributed by atoms with van der Waals surface area (Å²) in [5.41, 5.74) is 22.3. The Morgan fingerprint density at radius 2 is 0.582 bits per heavy atom. The molecule has 0 aromatic heterocycles. The number of aryl methyl sites for hydroxylation is 6. The third kappa shape index (κ3) is 67.6. The topological polar surface area (TPSA) is 138 Å². The Hall–Kier alpha value is -11.5. The van der Waals surface area contributed by atoms with Crippen LogP contribution in [0.15, 0.2) is 293 Å². The van der Waals surface area contributed by atoms with Gasteiger partial charge in [-0.3, -0.25) is 14.4 Å². The smallest absolute Gasteiger partial charge is 0.308 e. The highest BCUT2D eigenvalue weighted by Crippen LogP contribution is 2.21. The molecule has 0 saturated carbocycles. The number of hydrogen-bond donors (Lipinski definition) is 2. The van der Waals surface area contributed by atoms with Gasteiger partial charge < -0.3 is 33.9 Å². The molecule has 0 amide bonds. The van der Waals surface area contributed by atoms with Crippen LogP contribution in [0.5, 0.6) is 28.7 Å². The van der Waals surface area contributed by atoms with Crippen molar-refractivity contribution in [2.24, 2.45) is 0 Å². The Morgan fingerprint density at radius 3 is 0.799 bits per heavy atom. The molecule has 0 heterocycles. The molecule has 11 aromatic carbocycles. The van der Waals surface area contributed by atoms with Gasteiger partial charge in [0.1, 0.15) is 44.9 Å². The van der Waals surface area contributed by atoms with Crippen molar-refractivity contribution in [3.05, 3.63) is 371 Å². The van der Waals surface area contributed by atoms with Gasteiger partial charge in [0.05, 0.1) is 12.9 Å². The average molecular weight is 2050 g/mol. The third-order valence-electron chi connectivity index (χ3n) is 16.9. The van der Waals surface area contributed by atoms with E-state index in [1.807, 2.05) is 120 Å². The second-order valence-corrected chi connectivity index (χ2v) is 44.2. The number of rotatable bonds is 20. The fraction of sp³-hybridized carbons (Fsp3) is 0.297. The number of halogens is 4. The number of benzene rings is 11. The molecule has 0 fully saturated rings. The molecule has 1 atom stereocenters. The van der Waals surface area contributed by atoms with Gasteiger partial charge in [-0.2, -0.15) is 0 Å². The molecule has 10 nitrogen and oxygen atoms in total. The summed E-state index contributed by atoms with van der Waals surface area (Å²) < 4.78 is 28.5. The molecular weight excluding hydrogens is 1910 g/mol. The molecule has 2 N–H and O–H groups in total. The molecule has 0 saturated heterocycles. The second kappa shape index (κ2) is 75.8. The number of carbonyl (C=O) groups is 3. The van der Waals surface area contributed by atoms with Crippen molar-refractivity contribution in [2.75, 3.05) is 13.2 Å². The molecule has 0 bridgehead atoms. The van der Waals surface area contributed by atoms with Crippen LogP contribution in [-0.2, 0) is 62.4 Å². The van der Waals surface area contributed by atoms with Crippen LogP contribution in [0.1, 0.15) is 213 Å². The minimum atomic E-state index is -1.23. The Balaban J connectivity index is 0.00000150. The first-order valence-electron chi connectivity index (χ1n) is 45.5. The Kier molecular flexibility index (Phi) is 69.3. The van der Waals surface area contributed by atoms with Crippen molar-refractivity contribution >= 4 is 92.7 Å². The van der Waals surface area contributed by atoms with Crippen LogP contribution in [0.25, 0.3) is 0 Å². The summed E-state index contributed by atoms with van der Waals surface area (Å²) in [6.07, 6.45) is 25.5. The van der Waals surface area contributed by atoms with Gasteiger partial charge in [0.15, 0.2) is 6.29 Å².